The third kappa shape index (κ3) is 6.76. The van der Waals surface area contributed by atoms with E-state index < -0.39 is 5.41 Å². The van der Waals surface area contributed by atoms with Gasteiger partial charge in [0.1, 0.15) is 0 Å². The predicted molar refractivity (Wildman–Crippen MR) is 318 cm³/mol. The number of benzene rings is 12. The highest BCUT2D eigenvalue weighted by Gasteiger charge is 2.45. The monoisotopic (exact) mass is 967 g/mol. The van der Waals surface area contributed by atoms with E-state index in [2.05, 4.69) is 311 Å². The maximum absolute atomic E-state index is 2.39. The highest BCUT2D eigenvalue weighted by atomic mass is 15.1. The molecule has 0 bridgehead atoms. The van der Waals surface area contributed by atoms with Crippen LogP contribution in [0.5, 0.6) is 0 Å². The molecule has 14 aromatic rings. The standard InChI is InChI=1S/C73H49N3/c1-2-18-54(19-3-1)73(67-27-10-4-21-61(67)62-22-5-11-28-68(62)73)55-39-47-58(48-40-55)74(56-41-33-50(34-42-56)51-35-45-59(46-36-51)75-69-29-12-6-23-63(69)64-24-7-13-30-70(64)75)57-43-37-52(38-44-57)53-17-16-20-60(49-53)76-71-31-14-8-25-65(71)66-26-9-15-32-72(66)76/h1-49H. The molecule has 0 N–H and O–H groups in total. The first kappa shape index (κ1) is 43.6. The molecule has 15 rings (SSSR count). The van der Waals surface area contributed by atoms with Crippen molar-refractivity contribution in [3.05, 3.63) is 320 Å². The number of fused-ring (bicyclic) bond motifs is 9. The Morgan fingerprint density at radius 1 is 0.250 bits per heavy atom. The molecule has 3 heteroatoms. The van der Waals surface area contributed by atoms with E-state index in [1.54, 1.807) is 0 Å². The van der Waals surface area contributed by atoms with Crippen LogP contribution in [0.25, 0.3) is 88.4 Å². The zero-order valence-electron chi connectivity index (χ0n) is 41.6. The molecule has 2 heterocycles. The fraction of sp³-hybridized carbons (Fsp3) is 0.0137. The number of aromatic nitrogens is 2. The number of hydrogen-bond acceptors (Lipinski definition) is 1. The Morgan fingerprint density at radius 2 is 0.618 bits per heavy atom. The Bertz CT molecular complexity index is 4330. The molecule has 76 heavy (non-hydrogen) atoms. The van der Waals surface area contributed by atoms with E-state index >= 15 is 0 Å². The SMILES string of the molecule is c1ccc(C2(c3ccc(N(c4ccc(-c5ccc(-n6c7ccccc7c7ccccc76)cc5)cc4)c4ccc(-c5cccc(-n6c7ccccc7c7ccccc76)c5)cc4)cc3)c3ccccc3-c3ccccc32)cc1. The molecule has 0 saturated heterocycles. The Kier molecular flexibility index (Phi) is 10.1. The number of nitrogens with zero attached hydrogens (tertiary/aromatic N) is 3. The summed E-state index contributed by atoms with van der Waals surface area (Å²) in [6.07, 6.45) is 0. The summed E-state index contributed by atoms with van der Waals surface area (Å²) in [7, 11) is 0. The molecule has 2 aromatic heterocycles. The van der Waals surface area contributed by atoms with Crippen LogP contribution in [0.2, 0.25) is 0 Å². The molecule has 0 atom stereocenters. The summed E-state index contributed by atoms with van der Waals surface area (Å²) in [6, 6.07) is 109. The lowest BCUT2D eigenvalue weighted by atomic mass is 9.68. The van der Waals surface area contributed by atoms with Gasteiger partial charge in [0.05, 0.1) is 27.5 Å². The van der Waals surface area contributed by atoms with Gasteiger partial charge in [-0.1, -0.05) is 212 Å². The van der Waals surface area contributed by atoms with E-state index in [1.165, 1.54) is 88.1 Å². The summed E-state index contributed by atoms with van der Waals surface area (Å²) >= 11 is 0. The molecule has 0 unspecified atom stereocenters. The molecule has 1 aliphatic carbocycles. The predicted octanol–water partition coefficient (Wildman–Crippen LogP) is 19.0. The molecular weight excluding hydrogens is 919 g/mol. The van der Waals surface area contributed by atoms with Gasteiger partial charge in [-0.15, -0.1) is 0 Å². The Hall–Kier alpha value is -9.96. The number of hydrogen-bond donors (Lipinski definition) is 0. The van der Waals surface area contributed by atoms with Crippen LogP contribution in [0.4, 0.5) is 17.1 Å². The lowest BCUT2D eigenvalue weighted by molar-refractivity contribution is 0.768. The highest BCUT2D eigenvalue weighted by Crippen LogP contribution is 2.56. The van der Waals surface area contributed by atoms with E-state index in [9.17, 15) is 0 Å². The van der Waals surface area contributed by atoms with Crippen molar-refractivity contribution < 1.29 is 0 Å². The van der Waals surface area contributed by atoms with Gasteiger partial charge in [0.25, 0.3) is 0 Å². The topological polar surface area (TPSA) is 13.1 Å². The fourth-order valence-electron chi connectivity index (χ4n) is 12.7. The summed E-state index contributed by atoms with van der Waals surface area (Å²) in [6.45, 7) is 0. The van der Waals surface area contributed by atoms with Crippen molar-refractivity contribution in [3.8, 4) is 44.8 Å². The molecule has 0 aliphatic heterocycles. The molecular formula is C73H49N3. The second kappa shape index (κ2) is 17.6. The van der Waals surface area contributed by atoms with Crippen LogP contribution in [-0.2, 0) is 5.41 Å². The van der Waals surface area contributed by atoms with Gasteiger partial charge >= 0.3 is 0 Å². The molecule has 0 amide bonds. The van der Waals surface area contributed by atoms with Gasteiger partial charge in [-0.2, -0.15) is 0 Å². The van der Waals surface area contributed by atoms with Crippen molar-refractivity contribution in [2.45, 2.75) is 5.41 Å². The first-order chi connectivity index (χ1) is 37.7. The summed E-state index contributed by atoms with van der Waals surface area (Å²) in [5.41, 5.74) is 22.2. The Labute approximate surface area is 442 Å². The van der Waals surface area contributed by atoms with Crippen LogP contribution in [0.15, 0.2) is 297 Å². The molecule has 0 saturated carbocycles. The van der Waals surface area contributed by atoms with Gasteiger partial charge in [0.15, 0.2) is 0 Å². The van der Waals surface area contributed by atoms with E-state index in [1.807, 2.05) is 0 Å². The largest absolute Gasteiger partial charge is 0.311 e. The number of anilines is 3. The van der Waals surface area contributed by atoms with E-state index in [4.69, 9.17) is 0 Å². The minimum atomic E-state index is -0.480. The number of para-hydroxylation sites is 4. The summed E-state index contributed by atoms with van der Waals surface area (Å²) in [5.74, 6) is 0. The lowest BCUT2D eigenvalue weighted by Gasteiger charge is -2.34. The first-order valence-electron chi connectivity index (χ1n) is 26.2. The molecule has 356 valence electrons. The van der Waals surface area contributed by atoms with Crippen LogP contribution < -0.4 is 4.90 Å². The van der Waals surface area contributed by atoms with Crippen LogP contribution in [0.3, 0.4) is 0 Å². The summed E-state index contributed by atoms with van der Waals surface area (Å²) in [4.78, 5) is 2.39. The summed E-state index contributed by atoms with van der Waals surface area (Å²) < 4.78 is 4.77. The Balaban J connectivity index is 0.821. The van der Waals surface area contributed by atoms with Crippen LogP contribution >= 0.6 is 0 Å². The van der Waals surface area contributed by atoms with Crippen molar-refractivity contribution in [1.82, 2.24) is 9.13 Å². The minimum Gasteiger partial charge on any atom is -0.311 e. The van der Waals surface area contributed by atoms with Crippen LogP contribution in [0, 0.1) is 0 Å². The van der Waals surface area contributed by atoms with Crippen LogP contribution in [-0.4, -0.2) is 9.13 Å². The van der Waals surface area contributed by atoms with Crippen molar-refractivity contribution in [3.63, 3.8) is 0 Å². The van der Waals surface area contributed by atoms with Crippen molar-refractivity contribution in [2.75, 3.05) is 4.90 Å². The molecule has 3 nitrogen and oxygen atoms in total. The maximum Gasteiger partial charge on any atom is 0.0713 e. The van der Waals surface area contributed by atoms with E-state index in [-0.39, 0.29) is 0 Å². The molecule has 0 radical (unpaired) electrons. The number of rotatable bonds is 9. The van der Waals surface area contributed by atoms with E-state index in [0.717, 1.165) is 39.6 Å². The normalized spacial score (nSPS) is 12.6. The van der Waals surface area contributed by atoms with Crippen molar-refractivity contribution >= 4 is 60.7 Å². The zero-order valence-corrected chi connectivity index (χ0v) is 41.6. The average molecular weight is 968 g/mol. The van der Waals surface area contributed by atoms with Gasteiger partial charge < -0.3 is 14.0 Å². The van der Waals surface area contributed by atoms with Crippen LogP contribution in [0.1, 0.15) is 22.3 Å². The molecule has 0 spiro atoms. The molecule has 12 aromatic carbocycles. The molecule has 1 aliphatic rings. The summed E-state index contributed by atoms with van der Waals surface area (Å²) in [5, 5.41) is 5.05. The third-order valence-electron chi connectivity index (χ3n) is 16.0. The second-order valence-corrected chi connectivity index (χ2v) is 20.0. The van der Waals surface area contributed by atoms with Gasteiger partial charge in [0.2, 0.25) is 0 Å². The minimum absolute atomic E-state index is 0.480. The van der Waals surface area contributed by atoms with E-state index in [0.29, 0.717) is 0 Å². The van der Waals surface area contributed by atoms with Gasteiger partial charge in [0, 0.05) is 50.0 Å². The smallest absolute Gasteiger partial charge is 0.0713 e. The lowest BCUT2D eigenvalue weighted by Crippen LogP contribution is -2.28. The van der Waals surface area contributed by atoms with Crippen molar-refractivity contribution in [2.24, 2.45) is 0 Å². The molecule has 0 fully saturated rings. The van der Waals surface area contributed by atoms with Gasteiger partial charge in [-0.25, -0.2) is 0 Å². The first-order valence-corrected chi connectivity index (χ1v) is 26.2. The van der Waals surface area contributed by atoms with Gasteiger partial charge in [-0.05, 0) is 141 Å². The maximum atomic E-state index is 2.39. The Morgan fingerprint density at radius 3 is 1.11 bits per heavy atom. The highest BCUT2D eigenvalue weighted by molar-refractivity contribution is 6.10. The third-order valence-corrected chi connectivity index (χ3v) is 16.0. The van der Waals surface area contributed by atoms with Gasteiger partial charge in [-0.3, -0.25) is 0 Å². The second-order valence-electron chi connectivity index (χ2n) is 20.0. The zero-order chi connectivity index (χ0) is 50.2. The quantitative estimate of drug-likeness (QED) is 0.140. The van der Waals surface area contributed by atoms with Crippen molar-refractivity contribution in [1.29, 1.82) is 0 Å². The fourth-order valence-corrected chi connectivity index (χ4v) is 12.7. The average Bonchev–Trinajstić information content (AvgIpc) is 4.24.